The highest BCUT2D eigenvalue weighted by Crippen LogP contribution is 2.25. The van der Waals surface area contributed by atoms with E-state index in [0.717, 1.165) is 55.2 Å². The Balaban J connectivity index is 1.80. The monoisotopic (exact) mass is 332 g/mol. The molecule has 3 aromatic heterocycles. The molecular formula is C19H20N6. The predicted octanol–water partition coefficient (Wildman–Crippen LogP) is 2.40. The van der Waals surface area contributed by atoms with Crippen molar-refractivity contribution in [3.8, 4) is 22.6 Å². The highest BCUT2D eigenvalue weighted by molar-refractivity contribution is 5.67. The lowest BCUT2D eigenvalue weighted by Gasteiger charge is -2.22. The van der Waals surface area contributed by atoms with Crippen LogP contribution in [-0.4, -0.2) is 46.1 Å². The lowest BCUT2D eigenvalue weighted by Crippen LogP contribution is -2.28. The van der Waals surface area contributed by atoms with Crippen LogP contribution in [0.15, 0.2) is 55.1 Å². The predicted molar refractivity (Wildman–Crippen MR) is 98.2 cm³/mol. The molecule has 0 aromatic carbocycles. The second kappa shape index (κ2) is 7.36. The van der Waals surface area contributed by atoms with Gasteiger partial charge in [-0.1, -0.05) is 0 Å². The lowest BCUT2D eigenvalue weighted by atomic mass is 10.1. The third-order valence-electron chi connectivity index (χ3n) is 4.27. The van der Waals surface area contributed by atoms with E-state index in [-0.39, 0.29) is 0 Å². The van der Waals surface area contributed by atoms with Gasteiger partial charge in [0.05, 0.1) is 5.69 Å². The molecule has 4 heterocycles. The quantitative estimate of drug-likeness (QED) is 0.794. The van der Waals surface area contributed by atoms with Gasteiger partial charge in [0.25, 0.3) is 0 Å². The van der Waals surface area contributed by atoms with E-state index in [1.807, 2.05) is 24.3 Å². The molecule has 1 fully saturated rings. The van der Waals surface area contributed by atoms with Gasteiger partial charge < -0.3 is 10.2 Å². The van der Waals surface area contributed by atoms with Gasteiger partial charge in [-0.05, 0) is 37.2 Å². The Morgan fingerprint density at radius 1 is 0.880 bits per heavy atom. The van der Waals surface area contributed by atoms with Crippen molar-refractivity contribution in [3.63, 3.8) is 0 Å². The molecule has 1 aliphatic rings. The molecule has 6 nitrogen and oxygen atoms in total. The van der Waals surface area contributed by atoms with Gasteiger partial charge in [0.1, 0.15) is 5.82 Å². The number of nitrogens with one attached hydrogen (secondary N) is 1. The fourth-order valence-corrected chi connectivity index (χ4v) is 2.97. The summed E-state index contributed by atoms with van der Waals surface area (Å²) in [6, 6.07) is 9.92. The highest BCUT2D eigenvalue weighted by Gasteiger charge is 2.15. The molecule has 1 aliphatic heterocycles. The maximum Gasteiger partial charge on any atom is 0.163 e. The van der Waals surface area contributed by atoms with Crippen LogP contribution in [0.25, 0.3) is 22.6 Å². The summed E-state index contributed by atoms with van der Waals surface area (Å²) in [5.41, 5.74) is 2.87. The van der Waals surface area contributed by atoms with Gasteiger partial charge in [0.15, 0.2) is 5.82 Å². The number of anilines is 1. The molecule has 0 radical (unpaired) electrons. The summed E-state index contributed by atoms with van der Waals surface area (Å²) in [7, 11) is 0. The number of nitrogens with zero attached hydrogens (tertiary/aromatic N) is 5. The van der Waals surface area contributed by atoms with Gasteiger partial charge in [-0.3, -0.25) is 9.97 Å². The van der Waals surface area contributed by atoms with Crippen LogP contribution in [0.4, 0.5) is 5.82 Å². The molecular weight excluding hydrogens is 312 g/mol. The molecule has 1 saturated heterocycles. The van der Waals surface area contributed by atoms with E-state index in [1.54, 1.807) is 24.8 Å². The van der Waals surface area contributed by atoms with Crippen LogP contribution in [0, 0.1) is 0 Å². The summed E-state index contributed by atoms with van der Waals surface area (Å²) >= 11 is 0. The van der Waals surface area contributed by atoms with Crippen molar-refractivity contribution in [2.24, 2.45) is 0 Å². The zero-order chi connectivity index (χ0) is 16.9. The lowest BCUT2D eigenvalue weighted by molar-refractivity contribution is 0.724. The van der Waals surface area contributed by atoms with Crippen LogP contribution >= 0.6 is 0 Å². The van der Waals surface area contributed by atoms with E-state index < -0.39 is 0 Å². The third kappa shape index (κ3) is 3.64. The largest absolute Gasteiger partial charge is 0.355 e. The Kier molecular flexibility index (Phi) is 4.61. The number of hydrogen-bond acceptors (Lipinski definition) is 6. The van der Waals surface area contributed by atoms with E-state index in [4.69, 9.17) is 9.97 Å². The average Bonchev–Trinajstić information content (AvgIpc) is 2.99. The Morgan fingerprint density at radius 3 is 2.64 bits per heavy atom. The number of aromatic nitrogens is 4. The summed E-state index contributed by atoms with van der Waals surface area (Å²) in [4.78, 5) is 20.2. The smallest absolute Gasteiger partial charge is 0.163 e. The van der Waals surface area contributed by atoms with Crippen molar-refractivity contribution in [1.29, 1.82) is 0 Å². The fraction of sp³-hybridized carbons (Fsp3) is 0.263. The summed E-state index contributed by atoms with van der Waals surface area (Å²) in [5.74, 6) is 1.67. The number of rotatable bonds is 3. The molecule has 0 bridgehead atoms. The standard InChI is InChI=1S/C19H20N6/c1-3-16(14-22-6-1)19-23-17(15-4-8-21-9-5-15)13-18(24-19)25-11-2-7-20-10-12-25/h1,3-6,8-9,13-14,20H,2,7,10-12H2. The first-order valence-electron chi connectivity index (χ1n) is 8.56. The zero-order valence-corrected chi connectivity index (χ0v) is 14.0. The topological polar surface area (TPSA) is 66.8 Å². The summed E-state index contributed by atoms with van der Waals surface area (Å²) in [6.45, 7) is 3.95. The molecule has 0 saturated carbocycles. The van der Waals surface area contributed by atoms with Gasteiger partial charge >= 0.3 is 0 Å². The van der Waals surface area contributed by atoms with Crippen molar-refractivity contribution in [2.75, 3.05) is 31.1 Å². The van der Waals surface area contributed by atoms with E-state index >= 15 is 0 Å². The van der Waals surface area contributed by atoms with Crippen molar-refractivity contribution in [2.45, 2.75) is 6.42 Å². The summed E-state index contributed by atoms with van der Waals surface area (Å²) < 4.78 is 0. The molecule has 3 aromatic rings. The van der Waals surface area contributed by atoms with E-state index in [0.29, 0.717) is 5.82 Å². The molecule has 4 rings (SSSR count). The summed E-state index contributed by atoms with van der Waals surface area (Å²) in [5, 5.41) is 3.44. The minimum atomic E-state index is 0.703. The van der Waals surface area contributed by atoms with Gasteiger partial charge in [-0.2, -0.15) is 0 Å². The zero-order valence-electron chi connectivity index (χ0n) is 14.0. The Morgan fingerprint density at radius 2 is 1.80 bits per heavy atom. The molecule has 0 spiro atoms. The van der Waals surface area contributed by atoms with Crippen molar-refractivity contribution < 1.29 is 0 Å². The normalized spacial score (nSPS) is 15.0. The maximum absolute atomic E-state index is 4.83. The Labute approximate surface area is 147 Å². The van der Waals surface area contributed by atoms with Crippen LogP contribution < -0.4 is 10.2 Å². The first kappa shape index (κ1) is 15.7. The van der Waals surface area contributed by atoms with Crippen LogP contribution in [0.5, 0.6) is 0 Å². The van der Waals surface area contributed by atoms with Crippen molar-refractivity contribution in [1.82, 2.24) is 25.3 Å². The molecule has 6 heteroatoms. The third-order valence-corrected chi connectivity index (χ3v) is 4.27. The van der Waals surface area contributed by atoms with Gasteiger partial charge in [0, 0.05) is 61.6 Å². The van der Waals surface area contributed by atoms with Crippen molar-refractivity contribution >= 4 is 5.82 Å². The molecule has 0 unspecified atom stereocenters. The van der Waals surface area contributed by atoms with Crippen LogP contribution in [-0.2, 0) is 0 Å². The minimum absolute atomic E-state index is 0.703. The van der Waals surface area contributed by atoms with Crippen molar-refractivity contribution in [3.05, 3.63) is 55.1 Å². The number of hydrogen-bond donors (Lipinski definition) is 1. The SMILES string of the molecule is c1cncc(-c2nc(-c3ccncc3)cc(N3CCCNCC3)n2)c1. The Hall–Kier alpha value is -2.86. The van der Waals surface area contributed by atoms with Crippen LogP contribution in [0.3, 0.4) is 0 Å². The van der Waals surface area contributed by atoms with E-state index in [9.17, 15) is 0 Å². The average molecular weight is 332 g/mol. The van der Waals surface area contributed by atoms with Gasteiger partial charge in [-0.15, -0.1) is 0 Å². The highest BCUT2D eigenvalue weighted by atomic mass is 15.2. The molecule has 1 N–H and O–H groups in total. The van der Waals surface area contributed by atoms with Crippen LogP contribution in [0.2, 0.25) is 0 Å². The molecule has 0 aliphatic carbocycles. The fourth-order valence-electron chi connectivity index (χ4n) is 2.97. The van der Waals surface area contributed by atoms with E-state index in [1.165, 1.54) is 0 Å². The second-order valence-corrected chi connectivity index (χ2v) is 6.00. The van der Waals surface area contributed by atoms with Crippen LogP contribution in [0.1, 0.15) is 6.42 Å². The summed E-state index contributed by atoms with van der Waals surface area (Å²) in [6.07, 6.45) is 8.25. The number of pyridine rings is 2. The first-order chi connectivity index (χ1) is 12.4. The minimum Gasteiger partial charge on any atom is -0.355 e. The maximum atomic E-state index is 4.83. The molecule has 0 atom stereocenters. The van der Waals surface area contributed by atoms with Gasteiger partial charge in [0.2, 0.25) is 0 Å². The van der Waals surface area contributed by atoms with E-state index in [2.05, 4.69) is 26.3 Å². The molecule has 25 heavy (non-hydrogen) atoms. The molecule has 0 amide bonds. The molecule has 126 valence electrons. The second-order valence-electron chi connectivity index (χ2n) is 6.00. The first-order valence-corrected chi connectivity index (χ1v) is 8.56. The van der Waals surface area contributed by atoms with Gasteiger partial charge in [-0.25, -0.2) is 9.97 Å². The Bertz CT molecular complexity index is 756.